The van der Waals surface area contributed by atoms with E-state index in [-0.39, 0.29) is 0 Å². The molecule has 2 nitrogen and oxygen atoms in total. The molecule has 0 radical (unpaired) electrons. The predicted molar refractivity (Wildman–Crippen MR) is 243 cm³/mol. The first-order chi connectivity index (χ1) is 28.2. The molecule has 0 atom stereocenters. The summed E-state index contributed by atoms with van der Waals surface area (Å²) in [4.78, 5) is 2.41. The van der Waals surface area contributed by atoms with Gasteiger partial charge in [0.2, 0.25) is 0 Å². The molecule has 3 heteroatoms. The van der Waals surface area contributed by atoms with E-state index in [1.165, 1.54) is 48.1 Å². The zero-order valence-electron chi connectivity index (χ0n) is 31.0. The minimum absolute atomic E-state index is 0.895. The summed E-state index contributed by atoms with van der Waals surface area (Å²) in [5.74, 6) is 0. The zero-order valence-corrected chi connectivity index (χ0v) is 31.8. The van der Waals surface area contributed by atoms with E-state index >= 15 is 0 Å². The van der Waals surface area contributed by atoms with E-state index < -0.39 is 0 Å². The normalized spacial score (nSPS) is 11.5. The first-order valence-electron chi connectivity index (χ1n) is 19.3. The molecule has 9 aromatic carbocycles. The van der Waals surface area contributed by atoms with Crippen LogP contribution in [0.4, 0.5) is 17.1 Å². The highest BCUT2D eigenvalue weighted by Gasteiger charge is 2.19. The van der Waals surface area contributed by atoms with E-state index in [0.717, 1.165) is 55.6 Å². The summed E-state index contributed by atoms with van der Waals surface area (Å²) in [6.07, 6.45) is 0. The van der Waals surface area contributed by atoms with Crippen LogP contribution in [-0.2, 0) is 0 Å². The van der Waals surface area contributed by atoms with E-state index in [9.17, 15) is 0 Å². The molecular formula is C54H35NOS. The largest absolute Gasteiger partial charge is 0.455 e. The summed E-state index contributed by atoms with van der Waals surface area (Å²) >= 11 is 1.86. The van der Waals surface area contributed by atoms with Gasteiger partial charge in [-0.25, -0.2) is 0 Å². The monoisotopic (exact) mass is 745 g/mol. The van der Waals surface area contributed by atoms with Crippen molar-refractivity contribution in [2.45, 2.75) is 0 Å². The maximum absolute atomic E-state index is 6.49. The zero-order chi connectivity index (χ0) is 37.7. The molecule has 0 N–H and O–H groups in total. The van der Waals surface area contributed by atoms with Crippen LogP contribution in [0.15, 0.2) is 217 Å². The molecule has 0 fully saturated rings. The molecule has 0 bridgehead atoms. The van der Waals surface area contributed by atoms with Crippen molar-refractivity contribution in [3.63, 3.8) is 0 Å². The van der Waals surface area contributed by atoms with Crippen LogP contribution in [0.5, 0.6) is 0 Å². The Morgan fingerprint density at radius 3 is 1.60 bits per heavy atom. The molecule has 0 aliphatic rings. The molecule has 0 aliphatic carbocycles. The molecular weight excluding hydrogens is 711 g/mol. The van der Waals surface area contributed by atoms with Crippen LogP contribution in [0.1, 0.15) is 0 Å². The number of thiophene rings is 1. The predicted octanol–water partition coefficient (Wildman–Crippen LogP) is 16.1. The third-order valence-electron chi connectivity index (χ3n) is 11.1. The van der Waals surface area contributed by atoms with Crippen LogP contribution in [0.3, 0.4) is 0 Å². The van der Waals surface area contributed by atoms with Crippen LogP contribution < -0.4 is 4.90 Å². The Morgan fingerprint density at radius 2 is 0.877 bits per heavy atom. The maximum atomic E-state index is 6.49. The van der Waals surface area contributed by atoms with E-state index in [0.29, 0.717) is 0 Å². The fourth-order valence-corrected chi connectivity index (χ4v) is 9.48. The second kappa shape index (κ2) is 13.8. The van der Waals surface area contributed by atoms with Crippen LogP contribution in [0, 0.1) is 0 Å². The van der Waals surface area contributed by atoms with Gasteiger partial charge in [-0.3, -0.25) is 0 Å². The van der Waals surface area contributed by atoms with Gasteiger partial charge in [-0.05, 0) is 93.5 Å². The lowest BCUT2D eigenvalue weighted by atomic mass is 9.98. The lowest BCUT2D eigenvalue weighted by molar-refractivity contribution is 0.670. The topological polar surface area (TPSA) is 16.4 Å². The van der Waals surface area contributed by atoms with Crippen molar-refractivity contribution in [1.82, 2.24) is 0 Å². The molecule has 0 saturated heterocycles. The van der Waals surface area contributed by atoms with Crippen LogP contribution in [-0.4, -0.2) is 0 Å². The van der Waals surface area contributed by atoms with E-state index in [2.05, 4.69) is 211 Å². The molecule has 57 heavy (non-hydrogen) atoms. The standard InChI is InChI=1S/C54H35NOS/c1-3-12-36(13-4-1)40-16-9-17-41(34-40)37-24-29-43(30-25-37)55(50-22-11-21-48-46-18-7-8-23-52(46)57-54(48)50)44-31-26-38(27-32-44)42-28-33-51-49(35-42)47-20-10-19-45(53(47)56-51)39-14-5-2-6-15-39/h1-35H. The quantitative estimate of drug-likeness (QED) is 0.162. The van der Waals surface area contributed by atoms with Crippen LogP contribution >= 0.6 is 11.3 Å². The minimum atomic E-state index is 0.895. The second-order valence-corrected chi connectivity index (χ2v) is 15.5. The van der Waals surface area contributed by atoms with Crippen LogP contribution in [0.25, 0.3) is 86.6 Å². The Morgan fingerprint density at radius 1 is 0.351 bits per heavy atom. The van der Waals surface area contributed by atoms with Crippen molar-refractivity contribution >= 4 is 70.5 Å². The average molecular weight is 746 g/mol. The van der Waals surface area contributed by atoms with Crippen LogP contribution in [0.2, 0.25) is 0 Å². The molecule has 11 aromatic rings. The maximum Gasteiger partial charge on any atom is 0.143 e. The summed E-state index contributed by atoms with van der Waals surface area (Å²) in [6.45, 7) is 0. The molecule has 0 spiro atoms. The number of hydrogen-bond donors (Lipinski definition) is 0. The van der Waals surface area contributed by atoms with Crippen molar-refractivity contribution in [1.29, 1.82) is 0 Å². The van der Waals surface area contributed by atoms with Gasteiger partial charge < -0.3 is 9.32 Å². The highest BCUT2D eigenvalue weighted by atomic mass is 32.1. The van der Waals surface area contributed by atoms with E-state index in [4.69, 9.17) is 4.42 Å². The van der Waals surface area contributed by atoms with Gasteiger partial charge in [0.15, 0.2) is 0 Å². The third-order valence-corrected chi connectivity index (χ3v) is 12.3. The average Bonchev–Trinajstić information content (AvgIpc) is 3.86. The number of nitrogens with zero attached hydrogens (tertiary/aromatic N) is 1. The molecule has 0 amide bonds. The summed E-state index contributed by atoms with van der Waals surface area (Å²) in [6, 6.07) is 76.3. The molecule has 0 aliphatic heterocycles. The van der Waals surface area contributed by atoms with E-state index in [1.54, 1.807) is 0 Å². The lowest BCUT2D eigenvalue weighted by Crippen LogP contribution is -2.10. The molecule has 2 heterocycles. The fraction of sp³-hybridized carbons (Fsp3) is 0. The van der Waals surface area contributed by atoms with Crippen molar-refractivity contribution in [2.75, 3.05) is 4.90 Å². The van der Waals surface area contributed by atoms with Gasteiger partial charge in [0.25, 0.3) is 0 Å². The SMILES string of the molecule is c1ccc(-c2cccc(-c3ccc(N(c4ccc(-c5ccc6oc7c(-c8ccccc8)cccc7c6c5)cc4)c4cccc5c4sc4ccccc45)cc3)c2)cc1. The first kappa shape index (κ1) is 33.2. The van der Waals surface area contributed by atoms with Crippen molar-refractivity contribution in [2.24, 2.45) is 0 Å². The number of para-hydroxylation sites is 1. The summed E-state index contributed by atoms with van der Waals surface area (Å²) in [7, 11) is 0. The van der Waals surface area contributed by atoms with Gasteiger partial charge in [-0.15, -0.1) is 11.3 Å². The fourth-order valence-electron chi connectivity index (χ4n) is 8.27. The van der Waals surface area contributed by atoms with Gasteiger partial charge in [0, 0.05) is 43.2 Å². The number of hydrogen-bond acceptors (Lipinski definition) is 3. The van der Waals surface area contributed by atoms with E-state index in [1.807, 2.05) is 17.4 Å². The van der Waals surface area contributed by atoms with Crippen molar-refractivity contribution in [3.8, 4) is 44.5 Å². The Balaban J connectivity index is 0.994. The van der Waals surface area contributed by atoms with Crippen molar-refractivity contribution in [3.05, 3.63) is 212 Å². The minimum Gasteiger partial charge on any atom is -0.455 e. The summed E-state index contributed by atoms with van der Waals surface area (Å²) < 4.78 is 9.06. The highest BCUT2D eigenvalue weighted by Crippen LogP contribution is 2.45. The number of fused-ring (bicyclic) bond motifs is 6. The number of anilines is 3. The number of benzene rings is 9. The Hall–Kier alpha value is -7.20. The smallest absolute Gasteiger partial charge is 0.143 e. The highest BCUT2D eigenvalue weighted by molar-refractivity contribution is 7.26. The Kier molecular flexibility index (Phi) is 8.04. The second-order valence-electron chi connectivity index (χ2n) is 14.5. The third kappa shape index (κ3) is 5.88. The molecule has 2 aromatic heterocycles. The summed E-state index contributed by atoms with van der Waals surface area (Å²) in [5, 5.41) is 4.82. The van der Waals surface area contributed by atoms with Gasteiger partial charge >= 0.3 is 0 Å². The van der Waals surface area contributed by atoms with Gasteiger partial charge in [-0.1, -0.05) is 158 Å². The number of rotatable bonds is 7. The molecule has 0 unspecified atom stereocenters. The Bertz CT molecular complexity index is 3210. The van der Waals surface area contributed by atoms with Crippen molar-refractivity contribution < 1.29 is 4.42 Å². The van der Waals surface area contributed by atoms with Gasteiger partial charge in [-0.2, -0.15) is 0 Å². The molecule has 11 rings (SSSR count). The number of furan rings is 1. The Labute approximate surface area is 335 Å². The molecule has 0 saturated carbocycles. The first-order valence-corrected chi connectivity index (χ1v) is 20.1. The van der Waals surface area contributed by atoms with Gasteiger partial charge in [0.1, 0.15) is 11.2 Å². The lowest BCUT2D eigenvalue weighted by Gasteiger charge is -2.26. The summed E-state index contributed by atoms with van der Waals surface area (Å²) in [5.41, 5.74) is 14.6. The molecule has 268 valence electrons. The van der Waals surface area contributed by atoms with Gasteiger partial charge in [0.05, 0.1) is 10.4 Å².